The molecule has 0 aliphatic heterocycles. The Labute approximate surface area is 139 Å². The maximum Gasteiger partial charge on any atom is 0.310 e. The van der Waals surface area contributed by atoms with Gasteiger partial charge in [-0.05, 0) is 31.0 Å². The molecule has 1 unspecified atom stereocenters. The van der Waals surface area contributed by atoms with Gasteiger partial charge in [0.2, 0.25) is 0 Å². The Morgan fingerprint density at radius 2 is 1.91 bits per heavy atom. The van der Waals surface area contributed by atoms with Crippen LogP contribution in [0, 0.1) is 5.41 Å². The van der Waals surface area contributed by atoms with Crippen LogP contribution < -0.4 is 11.1 Å². The summed E-state index contributed by atoms with van der Waals surface area (Å²) >= 11 is 1.32. The van der Waals surface area contributed by atoms with E-state index in [2.05, 4.69) is 5.32 Å². The molecule has 1 aromatic carbocycles. The second-order valence-electron chi connectivity index (χ2n) is 5.76. The lowest BCUT2D eigenvalue weighted by molar-refractivity contribution is -0.147. The number of nitrogens with two attached hydrogens (primary N) is 1. The Morgan fingerprint density at radius 3 is 2.48 bits per heavy atom. The van der Waals surface area contributed by atoms with Crippen molar-refractivity contribution in [2.75, 3.05) is 6.54 Å². The molecule has 1 aromatic heterocycles. The number of aliphatic carboxylic acids is 1. The van der Waals surface area contributed by atoms with Crippen LogP contribution in [0.15, 0.2) is 42.5 Å². The highest BCUT2D eigenvalue weighted by atomic mass is 32.1. The molecule has 1 amide bonds. The fourth-order valence-corrected chi connectivity index (χ4v) is 3.16. The first kappa shape index (κ1) is 17.2. The summed E-state index contributed by atoms with van der Waals surface area (Å²) in [6.45, 7) is 2.58. The van der Waals surface area contributed by atoms with E-state index >= 15 is 0 Å². The highest BCUT2D eigenvalue weighted by Gasteiger charge is 2.33. The number of hydrogen-bond donors (Lipinski definition) is 3. The molecule has 1 heterocycles. The fourth-order valence-electron chi connectivity index (χ4n) is 2.33. The Kier molecular flexibility index (Phi) is 5.52. The number of hydrogen-bond acceptors (Lipinski definition) is 4. The Hall–Kier alpha value is -2.18. The van der Waals surface area contributed by atoms with Crippen molar-refractivity contribution in [3.8, 4) is 0 Å². The third-order valence-electron chi connectivity index (χ3n) is 3.67. The first-order valence-corrected chi connectivity index (χ1v) is 8.09. The minimum absolute atomic E-state index is 0.334. The summed E-state index contributed by atoms with van der Waals surface area (Å²) in [5.41, 5.74) is 5.32. The average Bonchev–Trinajstić information content (AvgIpc) is 2.97. The van der Waals surface area contributed by atoms with Gasteiger partial charge in [0.1, 0.15) is 0 Å². The SMILES string of the molecule is CC(CNCc1ccc(C(N)=O)s1)(Cc1ccccc1)C(=O)O. The number of primary amides is 1. The third-order valence-corrected chi connectivity index (χ3v) is 4.77. The predicted octanol–water partition coefficient (Wildman–Crippen LogP) is 2.27. The van der Waals surface area contributed by atoms with E-state index in [4.69, 9.17) is 5.73 Å². The molecule has 6 heteroatoms. The molecule has 0 bridgehead atoms. The van der Waals surface area contributed by atoms with Crippen LogP contribution in [-0.2, 0) is 17.8 Å². The highest BCUT2D eigenvalue weighted by Crippen LogP contribution is 2.23. The summed E-state index contributed by atoms with van der Waals surface area (Å²) in [6.07, 6.45) is 0.452. The van der Waals surface area contributed by atoms with Gasteiger partial charge >= 0.3 is 5.97 Å². The topological polar surface area (TPSA) is 92.4 Å². The lowest BCUT2D eigenvalue weighted by Gasteiger charge is -2.25. The molecule has 0 radical (unpaired) electrons. The van der Waals surface area contributed by atoms with Crippen molar-refractivity contribution in [1.29, 1.82) is 0 Å². The summed E-state index contributed by atoms with van der Waals surface area (Å²) < 4.78 is 0. The maximum atomic E-state index is 11.7. The lowest BCUT2D eigenvalue weighted by atomic mass is 9.83. The van der Waals surface area contributed by atoms with Crippen molar-refractivity contribution < 1.29 is 14.7 Å². The van der Waals surface area contributed by atoms with Gasteiger partial charge in [0.05, 0.1) is 10.3 Å². The second-order valence-corrected chi connectivity index (χ2v) is 6.93. The zero-order chi connectivity index (χ0) is 16.9. The van der Waals surface area contributed by atoms with E-state index in [-0.39, 0.29) is 0 Å². The van der Waals surface area contributed by atoms with Gasteiger partial charge in [-0.2, -0.15) is 0 Å². The van der Waals surface area contributed by atoms with Crippen LogP contribution in [0.5, 0.6) is 0 Å². The molecule has 0 fully saturated rings. The average molecular weight is 332 g/mol. The van der Waals surface area contributed by atoms with Crippen LogP contribution in [0.25, 0.3) is 0 Å². The van der Waals surface area contributed by atoms with E-state index in [1.165, 1.54) is 11.3 Å². The Balaban J connectivity index is 1.96. The number of nitrogens with one attached hydrogen (secondary N) is 1. The van der Waals surface area contributed by atoms with Crippen molar-refractivity contribution >= 4 is 23.2 Å². The molecular formula is C17H20N2O3S. The van der Waals surface area contributed by atoms with Gasteiger partial charge in [-0.15, -0.1) is 11.3 Å². The summed E-state index contributed by atoms with van der Waals surface area (Å²) in [5.74, 6) is -1.28. The molecule has 0 saturated carbocycles. The maximum absolute atomic E-state index is 11.7. The number of rotatable bonds is 8. The Morgan fingerprint density at radius 1 is 1.22 bits per heavy atom. The van der Waals surface area contributed by atoms with Gasteiger partial charge < -0.3 is 16.2 Å². The molecule has 23 heavy (non-hydrogen) atoms. The molecule has 5 nitrogen and oxygen atoms in total. The third kappa shape index (κ3) is 4.64. The summed E-state index contributed by atoms with van der Waals surface area (Å²) in [4.78, 5) is 24.2. The van der Waals surface area contributed by atoms with E-state index in [9.17, 15) is 14.7 Å². The minimum Gasteiger partial charge on any atom is -0.481 e. The van der Waals surface area contributed by atoms with Crippen molar-refractivity contribution in [2.24, 2.45) is 11.1 Å². The van der Waals surface area contributed by atoms with Crippen molar-refractivity contribution in [2.45, 2.75) is 19.9 Å². The van der Waals surface area contributed by atoms with Gasteiger partial charge in [-0.25, -0.2) is 0 Å². The van der Waals surface area contributed by atoms with Crippen LogP contribution in [0.3, 0.4) is 0 Å². The zero-order valence-corrected chi connectivity index (χ0v) is 13.7. The number of benzene rings is 1. The fraction of sp³-hybridized carbons (Fsp3) is 0.294. The standard InChI is InChI=1S/C17H20N2O3S/c1-17(16(21)22,9-12-5-3-2-4-6-12)11-19-10-13-7-8-14(23-13)15(18)20/h2-8,19H,9-11H2,1H3,(H2,18,20)(H,21,22). The zero-order valence-electron chi connectivity index (χ0n) is 12.9. The van der Waals surface area contributed by atoms with E-state index in [1.54, 1.807) is 13.0 Å². The van der Waals surface area contributed by atoms with Gasteiger partial charge in [0.15, 0.2) is 0 Å². The molecule has 0 aliphatic rings. The van der Waals surface area contributed by atoms with E-state index < -0.39 is 17.3 Å². The molecule has 0 aliphatic carbocycles. The summed E-state index contributed by atoms with van der Waals surface area (Å²) in [5, 5.41) is 12.7. The normalized spacial score (nSPS) is 13.4. The summed E-state index contributed by atoms with van der Waals surface area (Å²) in [6, 6.07) is 13.1. The molecule has 1 atom stereocenters. The van der Waals surface area contributed by atoms with E-state index in [1.807, 2.05) is 36.4 Å². The van der Waals surface area contributed by atoms with Crippen molar-refractivity contribution in [3.63, 3.8) is 0 Å². The molecule has 0 saturated heterocycles. The quantitative estimate of drug-likeness (QED) is 0.691. The van der Waals surface area contributed by atoms with E-state index in [0.29, 0.717) is 24.4 Å². The monoisotopic (exact) mass is 332 g/mol. The number of carbonyl (C=O) groups is 2. The second kappa shape index (κ2) is 7.39. The first-order chi connectivity index (χ1) is 10.9. The molecule has 4 N–H and O–H groups in total. The molecule has 122 valence electrons. The minimum atomic E-state index is -0.898. The molecule has 2 aromatic rings. The Bertz CT molecular complexity index is 684. The predicted molar refractivity (Wildman–Crippen MR) is 90.4 cm³/mol. The van der Waals surface area contributed by atoms with Crippen LogP contribution in [0.2, 0.25) is 0 Å². The van der Waals surface area contributed by atoms with Crippen LogP contribution in [-0.4, -0.2) is 23.5 Å². The van der Waals surface area contributed by atoms with Gasteiger partial charge in [-0.1, -0.05) is 30.3 Å². The molecule has 0 spiro atoms. The number of carbonyl (C=O) groups excluding carboxylic acids is 1. The number of carboxylic acid groups (broad SMARTS) is 1. The smallest absolute Gasteiger partial charge is 0.310 e. The lowest BCUT2D eigenvalue weighted by Crippen LogP contribution is -2.40. The van der Waals surface area contributed by atoms with Gasteiger partial charge in [0, 0.05) is 18.0 Å². The first-order valence-electron chi connectivity index (χ1n) is 7.27. The number of carboxylic acids is 1. The molecular weight excluding hydrogens is 312 g/mol. The number of amides is 1. The van der Waals surface area contributed by atoms with Crippen molar-refractivity contribution in [1.82, 2.24) is 5.32 Å². The van der Waals surface area contributed by atoms with Crippen LogP contribution in [0.4, 0.5) is 0 Å². The highest BCUT2D eigenvalue weighted by molar-refractivity contribution is 7.14. The largest absolute Gasteiger partial charge is 0.481 e. The van der Waals surface area contributed by atoms with Crippen molar-refractivity contribution in [3.05, 3.63) is 57.8 Å². The summed E-state index contributed by atoms with van der Waals surface area (Å²) in [7, 11) is 0. The van der Waals surface area contributed by atoms with Crippen LogP contribution >= 0.6 is 11.3 Å². The van der Waals surface area contributed by atoms with Gasteiger partial charge in [0.25, 0.3) is 5.91 Å². The van der Waals surface area contributed by atoms with Gasteiger partial charge in [-0.3, -0.25) is 9.59 Å². The number of thiophene rings is 1. The van der Waals surface area contributed by atoms with Crippen LogP contribution in [0.1, 0.15) is 27.0 Å². The van der Waals surface area contributed by atoms with E-state index in [0.717, 1.165) is 10.4 Å². The molecule has 2 rings (SSSR count).